The summed E-state index contributed by atoms with van der Waals surface area (Å²) < 4.78 is 1.73. The fraction of sp³-hybridized carbons (Fsp3) is 0.182. The normalized spacial score (nSPS) is 10.8. The van der Waals surface area contributed by atoms with E-state index < -0.39 is 0 Å². The summed E-state index contributed by atoms with van der Waals surface area (Å²) in [6.07, 6.45) is 1.89. The highest BCUT2D eigenvalue weighted by Crippen LogP contribution is 2.22. The van der Waals surface area contributed by atoms with Crippen molar-refractivity contribution in [3.8, 4) is 5.69 Å². The Bertz CT molecular complexity index is 500. The van der Waals surface area contributed by atoms with Crippen molar-refractivity contribution in [2.75, 3.05) is 0 Å². The second-order valence-corrected chi connectivity index (χ2v) is 4.39. The van der Waals surface area contributed by atoms with Crippen LogP contribution in [-0.2, 0) is 6.54 Å². The van der Waals surface area contributed by atoms with Crippen LogP contribution >= 0.6 is 23.2 Å². The van der Waals surface area contributed by atoms with Crippen molar-refractivity contribution in [1.82, 2.24) is 9.78 Å². The van der Waals surface area contributed by atoms with Crippen LogP contribution in [0, 0.1) is 6.92 Å². The molecule has 0 saturated heterocycles. The number of aromatic nitrogens is 2. The van der Waals surface area contributed by atoms with Gasteiger partial charge in [-0.25, -0.2) is 4.68 Å². The molecule has 0 atom stereocenters. The lowest BCUT2D eigenvalue weighted by Gasteiger charge is -2.02. The molecule has 16 heavy (non-hydrogen) atoms. The molecule has 0 aliphatic rings. The van der Waals surface area contributed by atoms with Crippen molar-refractivity contribution in [3.05, 3.63) is 45.7 Å². The molecule has 1 aromatic heterocycles. The number of halogens is 2. The molecule has 0 aliphatic heterocycles. The Balaban J connectivity index is 2.49. The number of benzene rings is 1. The van der Waals surface area contributed by atoms with E-state index in [1.807, 2.05) is 13.1 Å². The zero-order valence-corrected chi connectivity index (χ0v) is 10.3. The molecule has 0 bridgehead atoms. The zero-order chi connectivity index (χ0) is 11.7. The van der Waals surface area contributed by atoms with E-state index in [9.17, 15) is 0 Å². The molecular formula is C11H11Cl2N3. The van der Waals surface area contributed by atoms with Crippen molar-refractivity contribution in [2.45, 2.75) is 13.5 Å². The van der Waals surface area contributed by atoms with E-state index in [0.29, 0.717) is 16.6 Å². The minimum Gasteiger partial charge on any atom is -0.326 e. The van der Waals surface area contributed by atoms with Gasteiger partial charge in [0.1, 0.15) is 0 Å². The first kappa shape index (κ1) is 11.5. The number of nitrogens with two attached hydrogens (primary N) is 1. The van der Waals surface area contributed by atoms with Gasteiger partial charge in [-0.15, -0.1) is 0 Å². The Morgan fingerprint density at radius 1 is 1.25 bits per heavy atom. The summed E-state index contributed by atoms with van der Waals surface area (Å²) in [4.78, 5) is 0. The molecule has 2 aromatic rings. The number of aryl methyl sites for hydroxylation is 1. The van der Waals surface area contributed by atoms with Crippen LogP contribution in [0.25, 0.3) is 5.69 Å². The molecule has 0 radical (unpaired) electrons. The van der Waals surface area contributed by atoms with Crippen molar-refractivity contribution < 1.29 is 0 Å². The highest BCUT2D eigenvalue weighted by atomic mass is 35.5. The van der Waals surface area contributed by atoms with Crippen molar-refractivity contribution >= 4 is 23.2 Å². The zero-order valence-electron chi connectivity index (χ0n) is 8.74. The highest BCUT2D eigenvalue weighted by molar-refractivity contribution is 6.34. The first-order valence-corrected chi connectivity index (χ1v) is 5.57. The average molecular weight is 256 g/mol. The third-order valence-electron chi connectivity index (χ3n) is 2.33. The van der Waals surface area contributed by atoms with Gasteiger partial charge in [0.25, 0.3) is 0 Å². The smallest absolute Gasteiger partial charge is 0.0675 e. The molecular weight excluding hydrogens is 245 g/mol. The highest BCUT2D eigenvalue weighted by Gasteiger charge is 2.06. The molecule has 0 unspecified atom stereocenters. The van der Waals surface area contributed by atoms with Crippen LogP contribution in [0.5, 0.6) is 0 Å². The van der Waals surface area contributed by atoms with E-state index >= 15 is 0 Å². The Labute approximate surface area is 104 Å². The minimum atomic E-state index is 0.472. The van der Waals surface area contributed by atoms with Crippen molar-refractivity contribution in [1.29, 1.82) is 0 Å². The Kier molecular flexibility index (Phi) is 3.19. The van der Waals surface area contributed by atoms with Gasteiger partial charge < -0.3 is 5.73 Å². The summed E-state index contributed by atoms with van der Waals surface area (Å²) in [5.41, 5.74) is 8.36. The topological polar surface area (TPSA) is 43.8 Å². The fourth-order valence-electron chi connectivity index (χ4n) is 1.50. The molecule has 5 heteroatoms. The molecule has 0 spiro atoms. The van der Waals surface area contributed by atoms with Gasteiger partial charge in [0.15, 0.2) is 0 Å². The SMILES string of the molecule is Cc1nn(-c2cc(Cl)cc(Cl)c2)cc1CN. The minimum absolute atomic E-state index is 0.472. The molecule has 0 saturated carbocycles. The van der Waals surface area contributed by atoms with Gasteiger partial charge >= 0.3 is 0 Å². The van der Waals surface area contributed by atoms with Gasteiger partial charge in [0.05, 0.1) is 11.4 Å². The van der Waals surface area contributed by atoms with Gasteiger partial charge in [-0.05, 0) is 25.1 Å². The second kappa shape index (κ2) is 4.45. The molecule has 1 heterocycles. The van der Waals surface area contributed by atoms with Gasteiger partial charge in [-0.1, -0.05) is 23.2 Å². The van der Waals surface area contributed by atoms with E-state index in [1.165, 1.54) is 0 Å². The molecule has 0 amide bonds. The predicted octanol–water partition coefficient (Wildman–Crippen LogP) is 2.95. The Morgan fingerprint density at radius 2 is 1.88 bits per heavy atom. The van der Waals surface area contributed by atoms with Crippen molar-refractivity contribution in [2.24, 2.45) is 5.73 Å². The lowest BCUT2D eigenvalue weighted by atomic mass is 10.3. The van der Waals surface area contributed by atoms with E-state index in [-0.39, 0.29) is 0 Å². The molecule has 0 aliphatic carbocycles. The maximum Gasteiger partial charge on any atom is 0.0675 e. The maximum atomic E-state index is 5.93. The van der Waals surface area contributed by atoms with E-state index in [0.717, 1.165) is 16.9 Å². The van der Waals surface area contributed by atoms with Gasteiger partial charge in [-0.2, -0.15) is 5.10 Å². The first-order chi connectivity index (χ1) is 7.60. The van der Waals surface area contributed by atoms with Gasteiger partial charge in [0.2, 0.25) is 0 Å². The molecule has 2 rings (SSSR count). The number of rotatable bonds is 2. The number of nitrogens with zero attached hydrogens (tertiary/aromatic N) is 2. The first-order valence-electron chi connectivity index (χ1n) is 4.82. The van der Waals surface area contributed by atoms with Crippen LogP contribution in [0.15, 0.2) is 24.4 Å². The van der Waals surface area contributed by atoms with Crippen LogP contribution in [0.3, 0.4) is 0 Å². The number of hydrogen-bond acceptors (Lipinski definition) is 2. The summed E-state index contributed by atoms with van der Waals surface area (Å²) in [7, 11) is 0. The molecule has 0 fully saturated rings. The summed E-state index contributed by atoms with van der Waals surface area (Å²) >= 11 is 11.9. The van der Waals surface area contributed by atoms with Crippen LogP contribution in [0.1, 0.15) is 11.3 Å². The third-order valence-corrected chi connectivity index (χ3v) is 2.77. The Morgan fingerprint density at radius 3 is 2.38 bits per heavy atom. The summed E-state index contributed by atoms with van der Waals surface area (Å²) in [5, 5.41) is 5.53. The van der Waals surface area contributed by atoms with Crippen LogP contribution < -0.4 is 5.73 Å². The fourth-order valence-corrected chi connectivity index (χ4v) is 2.01. The monoisotopic (exact) mass is 255 g/mol. The molecule has 2 N–H and O–H groups in total. The molecule has 1 aromatic carbocycles. The molecule has 3 nitrogen and oxygen atoms in total. The lowest BCUT2D eigenvalue weighted by Crippen LogP contribution is -1.96. The average Bonchev–Trinajstić information content (AvgIpc) is 2.58. The molecule has 84 valence electrons. The standard InChI is InChI=1S/C11H11Cl2N3/c1-7-8(5-14)6-16(15-7)11-3-9(12)2-10(13)4-11/h2-4,6H,5,14H2,1H3. The summed E-state index contributed by atoms with van der Waals surface area (Å²) in [6.45, 7) is 2.39. The van der Waals surface area contributed by atoms with Crippen molar-refractivity contribution in [3.63, 3.8) is 0 Å². The number of hydrogen-bond donors (Lipinski definition) is 1. The predicted molar refractivity (Wildman–Crippen MR) is 66.2 cm³/mol. The maximum absolute atomic E-state index is 5.93. The van der Waals surface area contributed by atoms with Crippen LogP contribution in [-0.4, -0.2) is 9.78 Å². The third kappa shape index (κ3) is 2.21. The largest absolute Gasteiger partial charge is 0.326 e. The van der Waals surface area contributed by atoms with Crippen LogP contribution in [0.2, 0.25) is 10.0 Å². The second-order valence-electron chi connectivity index (χ2n) is 3.52. The van der Waals surface area contributed by atoms with E-state index in [1.54, 1.807) is 22.9 Å². The van der Waals surface area contributed by atoms with Gasteiger partial charge in [-0.3, -0.25) is 0 Å². The quantitative estimate of drug-likeness (QED) is 0.897. The van der Waals surface area contributed by atoms with Gasteiger partial charge in [0, 0.05) is 28.4 Å². The summed E-state index contributed by atoms with van der Waals surface area (Å²) in [5.74, 6) is 0. The Hall–Kier alpha value is -1.03. The van der Waals surface area contributed by atoms with E-state index in [2.05, 4.69) is 5.10 Å². The summed E-state index contributed by atoms with van der Waals surface area (Å²) in [6, 6.07) is 5.30. The lowest BCUT2D eigenvalue weighted by molar-refractivity contribution is 0.863. The van der Waals surface area contributed by atoms with E-state index in [4.69, 9.17) is 28.9 Å². The van der Waals surface area contributed by atoms with Crippen LogP contribution in [0.4, 0.5) is 0 Å².